The average Bonchev–Trinajstić information content (AvgIpc) is 2.52. The van der Waals surface area contributed by atoms with Crippen LogP contribution in [0, 0.1) is 5.92 Å². The van der Waals surface area contributed by atoms with Crippen LogP contribution in [-0.2, 0) is 4.79 Å². The van der Waals surface area contributed by atoms with Crippen LogP contribution in [0.4, 0.5) is 0 Å². The van der Waals surface area contributed by atoms with Crippen molar-refractivity contribution in [1.82, 2.24) is 10.6 Å². The van der Waals surface area contributed by atoms with Crippen LogP contribution in [0.15, 0.2) is 24.3 Å². The molecule has 0 atom stereocenters. The summed E-state index contributed by atoms with van der Waals surface area (Å²) >= 11 is 5.76. The highest BCUT2D eigenvalue weighted by atomic mass is 35.5. The Morgan fingerprint density at radius 2 is 1.71 bits per heavy atom. The lowest BCUT2D eigenvalue weighted by molar-refractivity contribution is -0.120. The van der Waals surface area contributed by atoms with Crippen molar-refractivity contribution in [2.24, 2.45) is 5.92 Å². The minimum Gasteiger partial charge on any atom is -0.354 e. The molecule has 0 radical (unpaired) electrons. The zero-order valence-electron chi connectivity index (χ0n) is 12.0. The summed E-state index contributed by atoms with van der Waals surface area (Å²) in [5.41, 5.74) is 0.500. The maximum Gasteiger partial charge on any atom is 0.251 e. The van der Waals surface area contributed by atoms with E-state index >= 15 is 0 Å². The molecule has 2 amide bonds. The third-order valence-corrected chi connectivity index (χ3v) is 4.08. The van der Waals surface area contributed by atoms with E-state index in [0.29, 0.717) is 16.5 Å². The van der Waals surface area contributed by atoms with Gasteiger partial charge in [-0.1, -0.05) is 30.9 Å². The van der Waals surface area contributed by atoms with Crippen molar-refractivity contribution in [3.8, 4) is 0 Å². The first-order chi connectivity index (χ1) is 10.1. The molecular formula is C16H21ClN2O2. The van der Waals surface area contributed by atoms with Crippen LogP contribution in [0.3, 0.4) is 0 Å². The topological polar surface area (TPSA) is 58.2 Å². The van der Waals surface area contributed by atoms with Crippen LogP contribution >= 0.6 is 11.6 Å². The van der Waals surface area contributed by atoms with Gasteiger partial charge >= 0.3 is 0 Å². The molecule has 1 aliphatic carbocycles. The van der Waals surface area contributed by atoms with E-state index in [4.69, 9.17) is 11.6 Å². The van der Waals surface area contributed by atoms with Crippen molar-refractivity contribution in [2.75, 3.05) is 13.1 Å². The summed E-state index contributed by atoms with van der Waals surface area (Å²) in [6, 6.07) is 6.58. The molecule has 1 fully saturated rings. The molecule has 5 heteroatoms. The van der Waals surface area contributed by atoms with Gasteiger partial charge in [0.25, 0.3) is 5.91 Å². The van der Waals surface area contributed by atoms with Crippen LogP contribution < -0.4 is 10.6 Å². The molecule has 1 saturated carbocycles. The number of hydrogen-bond donors (Lipinski definition) is 2. The lowest BCUT2D eigenvalue weighted by Gasteiger charge is -2.21. The first-order valence-corrected chi connectivity index (χ1v) is 7.83. The smallest absolute Gasteiger partial charge is 0.251 e. The molecule has 0 aromatic heterocycles. The summed E-state index contributed by atoms with van der Waals surface area (Å²) in [5.74, 6) is 0.192. The predicted molar refractivity (Wildman–Crippen MR) is 83.4 cm³/mol. The van der Waals surface area contributed by atoms with E-state index < -0.39 is 0 Å². The van der Waals surface area contributed by atoms with Gasteiger partial charge in [-0.2, -0.15) is 0 Å². The van der Waals surface area contributed by atoms with Crippen molar-refractivity contribution in [1.29, 1.82) is 0 Å². The van der Waals surface area contributed by atoms with E-state index in [0.717, 1.165) is 6.54 Å². The van der Waals surface area contributed by atoms with E-state index in [1.54, 1.807) is 24.3 Å². The summed E-state index contributed by atoms with van der Waals surface area (Å²) in [6.45, 7) is 0.726. The van der Waals surface area contributed by atoms with Gasteiger partial charge in [-0.3, -0.25) is 9.59 Å². The Hall–Kier alpha value is -1.55. The van der Waals surface area contributed by atoms with E-state index in [2.05, 4.69) is 10.6 Å². The van der Waals surface area contributed by atoms with Crippen LogP contribution in [0.25, 0.3) is 0 Å². The molecule has 1 aliphatic rings. The fraction of sp³-hybridized carbons (Fsp3) is 0.500. The van der Waals surface area contributed by atoms with Crippen molar-refractivity contribution in [2.45, 2.75) is 32.1 Å². The second-order valence-electron chi connectivity index (χ2n) is 5.50. The normalized spacial score (nSPS) is 15.5. The number of hydrogen-bond acceptors (Lipinski definition) is 2. The third kappa shape index (κ3) is 5.38. The summed E-state index contributed by atoms with van der Waals surface area (Å²) in [6.07, 6.45) is 6.21. The van der Waals surface area contributed by atoms with Gasteiger partial charge < -0.3 is 10.6 Å². The van der Waals surface area contributed by atoms with Gasteiger partial charge in [0.15, 0.2) is 0 Å². The van der Waals surface area contributed by atoms with E-state index in [1.165, 1.54) is 32.1 Å². The van der Waals surface area contributed by atoms with Gasteiger partial charge in [0, 0.05) is 17.1 Å². The number of nitrogens with one attached hydrogen (secondary N) is 2. The highest BCUT2D eigenvalue weighted by Gasteiger charge is 2.14. The Labute approximate surface area is 130 Å². The van der Waals surface area contributed by atoms with Gasteiger partial charge in [-0.25, -0.2) is 0 Å². The maximum absolute atomic E-state index is 11.8. The fourth-order valence-corrected chi connectivity index (χ4v) is 2.70. The lowest BCUT2D eigenvalue weighted by atomic mass is 9.89. The molecule has 4 nitrogen and oxygen atoms in total. The number of rotatable bonds is 5. The van der Waals surface area contributed by atoms with Crippen molar-refractivity contribution in [3.63, 3.8) is 0 Å². The third-order valence-electron chi connectivity index (χ3n) is 3.83. The quantitative estimate of drug-likeness (QED) is 0.878. The van der Waals surface area contributed by atoms with Crippen LogP contribution in [0.2, 0.25) is 5.02 Å². The summed E-state index contributed by atoms with van der Waals surface area (Å²) in [4.78, 5) is 23.6. The molecule has 0 unspecified atom stereocenters. The van der Waals surface area contributed by atoms with Gasteiger partial charge in [0.2, 0.25) is 5.91 Å². The average molecular weight is 309 g/mol. The molecule has 0 heterocycles. The van der Waals surface area contributed by atoms with Crippen LogP contribution in [0.5, 0.6) is 0 Å². The molecule has 2 rings (SSSR count). The van der Waals surface area contributed by atoms with E-state index in [1.807, 2.05) is 0 Å². The zero-order chi connectivity index (χ0) is 15.1. The fourth-order valence-electron chi connectivity index (χ4n) is 2.58. The molecule has 0 saturated heterocycles. The Morgan fingerprint density at radius 1 is 1.05 bits per heavy atom. The number of carbonyl (C=O) groups excluding carboxylic acids is 2. The van der Waals surface area contributed by atoms with Crippen molar-refractivity contribution < 1.29 is 9.59 Å². The van der Waals surface area contributed by atoms with Crippen molar-refractivity contribution >= 4 is 23.4 Å². The van der Waals surface area contributed by atoms with E-state index in [-0.39, 0.29) is 18.4 Å². The monoisotopic (exact) mass is 308 g/mol. The lowest BCUT2D eigenvalue weighted by Crippen LogP contribution is -2.39. The second kappa shape index (κ2) is 8.03. The minimum atomic E-state index is -0.264. The molecule has 0 aliphatic heterocycles. The molecule has 114 valence electrons. The number of halogens is 1. The molecule has 2 N–H and O–H groups in total. The zero-order valence-corrected chi connectivity index (χ0v) is 12.8. The summed E-state index contributed by atoms with van der Waals surface area (Å²) < 4.78 is 0. The van der Waals surface area contributed by atoms with Gasteiger partial charge in [0.05, 0.1) is 6.54 Å². The molecule has 0 bridgehead atoms. The predicted octanol–water partition coefficient (Wildman–Crippen LogP) is 2.77. The standard InChI is InChI=1S/C16H21ClN2O2/c17-14-8-6-13(7-9-14)16(21)19-11-15(20)18-10-12-4-2-1-3-5-12/h6-9,12H,1-5,10-11H2,(H,18,20)(H,19,21). The molecule has 1 aromatic rings. The first-order valence-electron chi connectivity index (χ1n) is 7.45. The number of carbonyl (C=O) groups is 2. The Kier molecular flexibility index (Phi) is 6.05. The highest BCUT2D eigenvalue weighted by Crippen LogP contribution is 2.22. The van der Waals surface area contributed by atoms with Gasteiger partial charge in [-0.05, 0) is 43.0 Å². The Balaban J connectivity index is 1.68. The first kappa shape index (κ1) is 15.8. The SMILES string of the molecule is O=C(CNC(=O)c1ccc(Cl)cc1)NCC1CCCCC1. The number of benzene rings is 1. The van der Waals surface area contributed by atoms with E-state index in [9.17, 15) is 9.59 Å². The number of amides is 2. The highest BCUT2D eigenvalue weighted by molar-refractivity contribution is 6.30. The largest absolute Gasteiger partial charge is 0.354 e. The summed E-state index contributed by atoms with van der Waals surface area (Å²) in [5, 5.41) is 6.09. The van der Waals surface area contributed by atoms with Crippen LogP contribution in [0.1, 0.15) is 42.5 Å². The minimum absolute atomic E-state index is 0.00811. The molecular weight excluding hydrogens is 288 g/mol. The molecule has 1 aromatic carbocycles. The molecule has 21 heavy (non-hydrogen) atoms. The van der Waals surface area contributed by atoms with Crippen molar-refractivity contribution in [3.05, 3.63) is 34.9 Å². The second-order valence-corrected chi connectivity index (χ2v) is 5.93. The Morgan fingerprint density at radius 3 is 2.38 bits per heavy atom. The summed E-state index contributed by atoms with van der Waals surface area (Å²) in [7, 11) is 0. The van der Waals surface area contributed by atoms with Crippen LogP contribution in [-0.4, -0.2) is 24.9 Å². The molecule has 0 spiro atoms. The maximum atomic E-state index is 11.8. The van der Waals surface area contributed by atoms with Gasteiger partial charge in [-0.15, -0.1) is 0 Å². The Bertz CT molecular complexity index is 482. The van der Waals surface area contributed by atoms with Gasteiger partial charge in [0.1, 0.15) is 0 Å².